The molecule has 0 saturated heterocycles. The molecule has 0 unspecified atom stereocenters. The van der Waals surface area contributed by atoms with Gasteiger partial charge in [0.1, 0.15) is 11.6 Å². The van der Waals surface area contributed by atoms with Gasteiger partial charge in [-0.3, -0.25) is 4.79 Å². The first-order valence-corrected chi connectivity index (χ1v) is 6.46. The minimum atomic E-state index is -4.54. The average Bonchev–Trinajstić information content (AvgIpc) is 2.44. The molecule has 0 aliphatic rings. The van der Waals surface area contributed by atoms with Gasteiger partial charge in [-0.05, 0) is 24.1 Å². The number of alkyl halides is 3. The quantitative estimate of drug-likeness (QED) is 0.513. The number of halogens is 3. The first kappa shape index (κ1) is 16.8. The van der Waals surface area contributed by atoms with Gasteiger partial charge in [0.15, 0.2) is 0 Å². The monoisotopic (exact) mass is 296 g/mol. The number of nitriles is 1. The molecule has 3 nitrogen and oxygen atoms in total. The van der Waals surface area contributed by atoms with Crippen molar-refractivity contribution in [3.05, 3.63) is 41.0 Å². The maximum atomic E-state index is 12.8. The van der Waals surface area contributed by atoms with E-state index in [0.29, 0.717) is 6.54 Å². The van der Waals surface area contributed by atoms with E-state index >= 15 is 0 Å². The van der Waals surface area contributed by atoms with Crippen LogP contribution < -0.4 is 5.32 Å². The van der Waals surface area contributed by atoms with Crippen LogP contribution in [0.3, 0.4) is 0 Å². The molecule has 112 valence electrons. The molecule has 0 heterocycles. The molecule has 0 saturated carbocycles. The molecule has 0 aromatic heterocycles. The van der Waals surface area contributed by atoms with Gasteiger partial charge in [-0.1, -0.05) is 31.5 Å². The summed E-state index contributed by atoms with van der Waals surface area (Å²) in [5.74, 6) is -0.664. The second-order valence-corrected chi connectivity index (χ2v) is 4.36. The number of hydrogen-bond donors (Lipinski definition) is 1. The number of benzene rings is 1. The summed E-state index contributed by atoms with van der Waals surface area (Å²) < 4.78 is 38.5. The minimum Gasteiger partial charge on any atom is -0.351 e. The minimum absolute atomic E-state index is 0.202. The van der Waals surface area contributed by atoms with Crippen LogP contribution in [0.15, 0.2) is 29.8 Å². The van der Waals surface area contributed by atoms with Crippen LogP contribution in [-0.4, -0.2) is 12.5 Å². The van der Waals surface area contributed by atoms with Gasteiger partial charge in [0, 0.05) is 6.54 Å². The molecule has 1 N–H and O–H groups in total. The summed E-state index contributed by atoms with van der Waals surface area (Å²) in [4.78, 5) is 11.7. The normalized spacial score (nSPS) is 11.9. The SMILES string of the molecule is CCCCNC(=O)C(C#N)=Cc1ccccc1C(F)(F)F. The van der Waals surface area contributed by atoms with Gasteiger partial charge in [0.05, 0.1) is 5.56 Å². The van der Waals surface area contributed by atoms with Gasteiger partial charge in [0.25, 0.3) is 5.91 Å². The van der Waals surface area contributed by atoms with E-state index in [-0.39, 0.29) is 11.1 Å². The van der Waals surface area contributed by atoms with Crippen LogP contribution >= 0.6 is 0 Å². The highest BCUT2D eigenvalue weighted by molar-refractivity contribution is 6.01. The number of unbranched alkanes of at least 4 members (excludes halogenated alkanes) is 1. The van der Waals surface area contributed by atoms with E-state index in [9.17, 15) is 18.0 Å². The van der Waals surface area contributed by atoms with E-state index in [2.05, 4.69) is 5.32 Å². The van der Waals surface area contributed by atoms with E-state index in [1.165, 1.54) is 18.2 Å². The first-order chi connectivity index (χ1) is 9.90. The van der Waals surface area contributed by atoms with Crippen molar-refractivity contribution < 1.29 is 18.0 Å². The molecule has 21 heavy (non-hydrogen) atoms. The van der Waals surface area contributed by atoms with Gasteiger partial charge in [-0.15, -0.1) is 0 Å². The maximum absolute atomic E-state index is 12.8. The lowest BCUT2D eigenvalue weighted by Crippen LogP contribution is -2.25. The molecule has 6 heteroatoms. The largest absolute Gasteiger partial charge is 0.416 e. The van der Waals surface area contributed by atoms with Crippen LogP contribution in [0.1, 0.15) is 30.9 Å². The lowest BCUT2D eigenvalue weighted by atomic mass is 10.0. The first-order valence-electron chi connectivity index (χ1n) is 6.46. The number of amides is 1. The number of hydrogen-bond acceptors (Lipinski definition) is 2. The highest BCUT2D eigenvalue weighted by Gasteiger charge is 2.32. The average molecular weight is 296 g/mol. The summed E-state index contributed by atoms with van der Waals surface area (Å²) >= 11 is 0. The third-order valence-corrected chi connectivity index (χ3v) is 2.75. The van der Waals surface area contributed by atoms with Crippen LogP contribution in [-0.2, 0) is 11.0 Å². The highest BCUT2D eigenvalue weighted by atomic mass is 19.4. The Balaban J connectivity index is 3.05. The van der Waals surface area contributed by atoms with Crippen molar-refractivity contribution in [2.45, 2.75) is 25.9 Å². The van der Waals surface area contributed by atoms with Crippen LogP contribution in [0.25, 0.3) is 6.08 Å². The molecular formula is C15H15F3N2O. The zero-order valence-corrected chi connectivity index (χ0v) is 11.5. The smallest absolute Gasteiger partial charge is 0.351 e. The predicted molar refractivity (Wildman–Crippen MR) is 73.0 cm³/mol. The molecule has 0 aliphatic heterocycles. The van der Waals surface area contributed by atoms with Gasteiger partial charge >= 0.3 is 6.18 Å². The van der Waals surface area contributed by atoms with E-state index in [4.69, 9.17) is 5.26 Å². The van der Waals surface area contributed by atoms with Gasteiger partial charge < -0.3 is 5.32 Å². The van der Waals surface area contributed by atoms with Crippen LogP contribution in [0.5, 0.6) is 0 Å². The second kappa shape index (κ2) is 7.48. The molecule has 0 fully saturated rings. The number of carbonyl (C=O) groups is 1. The lowest BCUT2D eigenvalue weighted by Gasteiger charge is -2.10. The number of rotatable bonds is 5. The van der Waals surface area contributed by atoms with Gasteiger partial charge in [-0.25, -0.2) is 0 Å². The Morgan fingerprint density at radius 3 is 2.62 bits per heavy atom. The molecule has 0 bridgehead atoms. The third-order valence-electron chi connectivity index (χ3n) is 2.75. The molecule has 1 aromatic rings. The standard InChI is InChI=1S/C15H15F3N2O/c1-2-3-8-20-14(21)12(10-19)9-11-6-4-5-7-13(11)15(16,17)18/h4-7,9H,2-3,8H2,1H3,(H,20,21). The summed E-state index contributed by atoms with van der Waals surface area (Å²) in [7, 11) is 0. The molecule has 1 rings (SSSR count). The van der Waals surface area contributed by atoms with Gasteiger partial charge in [0.2, 0.25) is 0 Å². The Morgan fingerprint density at radius 1 is 1.38 bits per heavy atom. The van der Waals surface area contributed by atoms with E-state index < -0.39 is 17.6 Å². The third kappa shape index (κ3) is 4.95. The fourth-order valence-electron chi connectivity index (χ4n) is 1.66. The van der Waals surface area contributed by atoms with Crippen molar-refractivity contribution >= 4 is 12.0 Å². The van der Waals surface area contributed by atoms with Crippen LogP contribution in [0, 0.1) is 11.3 Å². The van der Waals surface area contributed by atoms with Crippen LogP contribution in [0.2, 0.25) is 0 Å². The molecule has 0 aliphatic carbocycles. The van der Waals surface area contributed by atoms with Crippen molar-refractivity contribution in [3.8, 4) is 6.07 Å². The Labute approximate surface area is 121 Å². The van der Waals surface area contributed by atoms with Crippen molar-refractivity contribution in [1.29, 1.82) is 5.26 Å². The zero-order valence-electron chi connectivity index (χ0n) is 11.5. The Morgan fingerprint density at radius 2 is 2.05 bits per heavy atom. The summed E-state index contributed by atoms with van der Waals surface area (Å²) in [6.07, 6.45) is -1.97. The van der Waals surface area contributed by atoms with E-state index in [1.807, 2.05) is 6.92 Å². The number of carbonyl (C=O) groups excluding carboxylic acids is 1. The Kier molecular flexibility index (Phi) is 5.97. The summed E-state index contributed by atoms with van der Waals surface area (Å²) in [6, 6.07) is 6.45. The summed E-state index contributed by atoms with van der Waals surface area (Å²) in [5.41, 5.74) is -1.42. The van der Waals surface area contributed by atoms with Crippen molar-refractivity contribution in [2.24, 2.45) is 0 Å². The lowest BCUT2D eigenvalue weighted by molar-refractivity contribution is -0.137. The fourth-order valence-corrected chi connectivity index (χ4v) is 1.66. The van der Waals surface area contributed by atoms with Crippen LogP contribution in [0.4, 0.5) is 13.2 Å². The molecule has 0 atom stereocenters. The topological polar surface area (TPSA) is 52.9 Å². The Bertz CT molecular complexity index is 571. The zero-order chi connectivity index (χ0) is 15.9. The summed E-state index contributed by atoms with van der Waals surface area (Å²) in [5, 5.41) is 11.4. The predicted octanol–water partition coefficient (Wildman–Crippen LogP) is 3.53. The van der Waals surface area contributed by atoms with Crippen molar-refractivity contribution in [1.82, 2.24) is 5.32 Å². The van der Waals surface area contributed by atoms with Crippen molar-refractivity contribution in [3.63, 3.8) is 0 Å². The number of nitrogens with one attached hydrogen (secondary N) is 1. The second-order valence-electron chi connectivity index (χ2n) is 4.36. The fraction of sp³-hybridized carbons (Fsp3) is 0.333. The molecule has 0 radical (unpaired) electrons. The molecule has 1 aromatic carbocycles. The molecular weight excluding hydrogens is 281 g/mol. The molecule has 1 amide bonds. The Hall–Kier alpha value is -2.29. The molecule has 0 spiro atoms. The maximum Gasteiger partial charge on any atom is 0.416 e. The van der Waals surface area contributed by atoms with E-state index in [1.54, 1.807) is 6.07 Å². The summed E-state index contributed by atoms with van der Waals surface area (Å²) in [6.45, 7) is 2.32. The highest BCUT2D eigenvalue weighted by Crippen LogP contribution is 2.32. The van der Waals surface area contributed by atoms with Gasteiger partial charge in [-0.2, -0.15) is 18.4 Å². The van der Waals surface area contributed by atoms with E-state index in [0.717, 1.165) is 25.0 Å². The van der Waals surface area contributed by atoms with Crippen molar-refractivity contribution in [2.75, 3.05) is 6.54 Å². The number of nitrogens with zero attached hydrogens (tertiary/aromatic N) is 1.